The summed E-state index contributed by atoms with van der Waals surface area (Å²) in [7, 11) is 7.46. The molecule has 4 aromatic rings. The molecule has 0 spiro atoms. The molecule has 250 valence electrons. The van der Waals surface area contributed by atoms with Gasteiger partial charge in [-0.1, -0.05) is 54.6 Å². The Hall–Kier alpha value is -5.20. The maximum atomic E-state index is 12.9. The van der Waals surface area contributed by atoms with Crippen molar-refractivity contribution < 1.29 is 36.5 Å². The maximum Gasteiger partial charge on any atom is 0.316 e. The third-order valence-corrected chi connectivity index (χ3v) is 6.52. The lowest BCUT2D eigenvalue weighted by molar-refractivity contribution is -0.120. The maximum absolute atomic E-state index is 12.9. The fourth-order valence-corrected chi connectivity index (χ4v) is 4.30. The summed E-state index contributed by atoms with van der Waals surface area (Å²) in [5.74, 6) is 0.981. The number of carbonyl (C=O) groups is 2. The van der Waals surface area contributed by atoms with Crippen LogP contribution in [0.5, 0.6) is 17.5 Å². The minimum Gasteiger partial charge on any atom is -0.467 e. The molecule has 5 rings (SSSR count). The van der Waals surface area contributed by atoms with Crippen molar-refractivity contribution >= 4 is 17.6 Å². The Morgan fingerprint density at radius 1 is 0.978 bits per heavy atom. The lowest BCUT2D eigenvalue weighted by Gasteiger charge is -2.24. The summed E-state index contributed by atoms with van der Waals surface area (Å²) >= 11 is 0. The number of fused-ring (bicyclic) bond motifs is 1. The van der Waals surface area contributed by atoms with Crippen LogP contribution in [0.25, 0.3) is 11.1 Å². The van der Waals surface area contributed by atoms with Crippen LogP contribution in [-0.2, 0) is 16.0 Å². The number of nitrogens with two attached hydrogens (primary N) is 1. The predicted octanol–water partition coefficient (Wildman–Crippen LogP) is 4.87. The van der Waals surface area contributed by atoms with Crippen molar-refractivity contribution in [3.05, 3.63) is 96.3 Å². The number of primary amides is 1. The molecule has 3 aromatic carbocycles. The molecule has 4 N–H and O–H groups in total. The summed E-state index contributed by atoms with van der Waals surface area (Å²) < 4.78 is 19.8. The average Bonchev–Trinajstić information content (AvgIpc) is 3.56. The van der Waals surface area contributed by atoms with Crippen molar-refractivity contribution in [2.45, 2.75) is 25.8 Å². The fourth-order valence-electron chi connectivity index (χ4n) is 4.30. The van der Waals surface area contributed by atoms with Crippen molar-refractivity contribution in [1.82, 2.24) is 15.3 Å². The number of rotatable bonds is 8. The molecular weight excluding hydrogens is 590 g/mol. The molecule has 12 heteroatoms. The van der Waals surface area contributed by atoms with E-state index in [-0.39, 0.29) is 15.6 Å². The van der Waals surface area contributed by atoms with E-state index in [1.165, 1.54) is 10.5 Å². The Morgan fingerprint density at radius 3 is 2.20 bits per heavy atom. The van der Waals surface area contributed by atoms with E-state index in [0.717, 1.165) is 23.8 Å². The second-order valence-corrected chi connectivity index (χ2v) is 9.70. The van der Waals surface area contributed by atoms with Gasteiger partial charge in [-0.2, -0.15) is 0 Å². The van der Waals surface area contributed by atoms with Gasteiger partial charge in [0, 0.05) is 60.9 Å². The predicted molar refractivity (Wildman–Crippen MR) is 181 cm³/mol. The van der Waals surface area contributed by atoms with Crippen molar-refractivity contribution in [1.29, 1.82) is 0 Å². The second-order valence-electron chi connectivity index (χ2n) is 9.70. The van der Waals surface area contributed by atoms with Gasteiger partial charge < -0.3 is 40.0 Å². The van der Waals surface area contributed by atoms with Gasteiger partial charge in [0.05, 0.1) is 7.11 Å². The van der Waals surface area contributed by atoms with Crippen LogP contribution in [0.2, 0.25) is 0 Å². The topological polar surface area (TPSA) is 158 Å². The highest BCUT2D eigenvalue weighted by Crippen LogP contribution is 2.35. The zero-order valence-corrected chi connectivity index (χ0v) is 27.1. The number of aryl methyl sites for hydroxylation is 2. The second kappa shape index (κ2) is 20.0. The molecule has 12 nitrogen and oxygen atoms in total. The van der Waals surface area contributed by atoms with E-state index in [1.807, 2.05) is 42.5 Å². The summed E-state index contributed by atoms with van der Waals surface area (Å²) in [6.45, 7) is 2.24. The minimum absolute atomic E-state index is 0. The number of benzene rings is 3. The van der Waals surface area contributed by atoms with E-state index in [0.29, 0.717) is 36.0 Å². The number of aromatic nitrogens is 2. The Kier molecular flexibility index (Phi) is 16.0. The number of aliphatic hydroxyl groups excluding tert-OH is 1. The zero-order chi connectivity index (χ0) is 33.9. The zero-order valence-electron chi connectivity index (χ0n) is 27.1. The SMILES string of the molecule is CN(C(=O)[C@H](CCc1ccccc1)NC(N)=O)c1ccc2c(c1)OCO2.CO.COC.COc1ncc(-c2ccccc2C)cn1.[HH].[HH]. The number of urea groups is 1. The van der Waals surface area contributed by atoms with E-state index in [1.54, 1.807) is 59.0 Å². The molecule has 1 aliphatic rings. The Labute approximate surface area is 273 Å². The molecule has 46 heavy (non-hydrogen) atoms. The molecule has 0 fully saturated rings. The molecule has 0 saturated carbocycles. The van der Waals surface area contributed by atoms with Gasteiger partial charge in [0.2, 0.25) is 12.7 Å². The first-order valence-corrected chi connectivity index (χ1v) is 14.3. The van der Waals surface area contributed by atoms with Crippen molar-refractivity contribution in [3.8, 4) is 28.6 Å². The van der Waals surface area contributed by atoms with Crippen LogP contribution in [0.15, 0.2) is 85.2 Å². The largest absolute Gasteiger partial charge is 0.467 e. The Morgan fingerprint density at radius 2 is 1.59 bits per heavy atom. The van der Waals surface area contributed by atoms with Crippen LogP contribution in [-0.4, -0.2) is 75.3 Å². The third kappa shape index (κ3) is 11.4. The van der Waals surface area contributed by atoms with Crippen LogP contribution in [0.1, 0.15) is 20.4 Å². The first-order chi connectivity index (χ1) is 22.3. The number of methoxy groups -OCH3 is 2. The van der Waals surface area contributed by atoms with Gasteiger partial charge in [0.15, 0.2) is 11.5 Å². The first kappa shape index (κ1) is 37.0. The molecule has 1 atom stereocenters. The smallest absolute Gasteiger partial charge is 0.316 e. The molecule has 0 saturated heterocycles. The number of carbonyl (C=O) groups excluding carboxylic acids is 2. The van der Waals surface area contributed by atoms with Crippen LogP contribution in [0, 0.1) is 6.92 Å². The molecule has 3 amide bonds. The van der Waals surface area contributed by atoms with E-state index in [4.69, 9.17) is 25.1 Å². The molecule has 0 unspecified atom stereocenters. The van der Waals surface area contributed by atoms with Gasteiger partial charge in [0.25, 0.3) is 0 Å². The first-order valence-electron chi connectivity index (χ1n) is 14.3. The van der Waals surface area contributed by atoms with E-state index < -0.39 is 12.1 Å². The number of nitrogens with zero attached hydrogens (tertiary/aromatic N) is 3. The summed E-state index contributed by atoms with van der Waals surface area (Å²) in [4.78, 5) is 33.9. The number of likely N-dealkylation sites (N-methyl/N-ethyl adjacent to an activating group) is 1. The van der Waals surface area contributed by atoms with Crippen molar-refractivity contribution in [2.24, 2.45) is 5.73 Å². The molecule has 0 bridgehead atoms. The molecular formula is C34H47N5O7. The van der Waals surface area contributed by atoms with Crippen LogP contribution in [0.3, 0.4) is 0 Å². The van der Waals surface area contributed by atoms with Gasteiger partial charge in [0.1, 0.15) is 6.04 Å². The number of amides is 3. The summed E-state index contributed by atoms with van der Waals surface area (Å²) in [6, 6.07) is 22.1. The van der Waals surface area contributed by atoms with Crippen LogP contribution >= 0.6 is 0 Å². The molecule has 1 aliphatic heterocycles. The Bertz CT molecular complexity index is 1500. The Balaban J connectivity index is 0.000000857. The number of ether oxygens (including phenoxy) is 4. The van der Waals surface area contributed by atoms with Gasteiger partial charge >= 0.3 is 12.0 Å². The normalized spacial score (nSPS) is 11.2. The molecule has 0 aliphatic carbocycles. The summed E-state index contributed by atoms with van der Waals surface area (Å²) in [5, 5.41) is 9.54. The molecule has 2 heterocycles. The number of hydrogen-bond acceptors (Lipinski definition) is 9. The molecule has 1 aromatic heterocycles. The third-order valence-electron chi connectivity index (χ3n) is 6.52. The van der Waals surface area contributed by atoms with Crippen LogP contribution in [0.4, 0.5) is 10.5 Å². The number of nitrogens with one attached hydrogen (secondary N) is 1. The van der Waals surface area contributed by atoms with E-state index >= 15 is 0 Å². The summed E-state index contributed by atoms with van der Waals surface area (Å²) in [6.07, 6.45) is 4.63. The van der Waals surface area contributed by atoms with Gasteiger partial charge in [-0.25, -0.2) is 14.8 Å². The van der Waals surface area contributed by atoms with Crippen molar-refractivity contribution in [3.63, 3.8) is 0 Å². The lowest BCUT2D eigenvalue weighted by Crippen LogP contribution is -2.49. The lowest BCUT2D eigenvalue weighted by atomic mass is 10.0. The highest BCUT2D eigenvalue weighted by atomic mass is 16.7. The van der Waals surface area contributed by atoms with Gasteiger partial charge in [-0.3, -0.25) is 4.79 Å². The standard InChI is InChI=1S/C19H21N3O4.C12H12N2O.C2H6O.CH4O.2H2/c1-22(14-8-10-16-17(11-14)26-12-25-16)18(23)15(21-19(20)24)9-7-13-5-3-2-4-6-13;1-9-5-3-4-6-11(9)10-7-13-12(15-2)14-8-10;1-3-2;1-2;;/h2-6,8,10-11,15H,7,9,12H2,1H3,(H3,20,21,24);3-8H,1-2H3;1-2H3;2H,1H3;2*1H/t15-;;;;;/m0...../s1. The highest BCUT2D eigenvalue weighted by molar-refractivity contribution is 5.98. The summed E-state index contributed by atoms with van der Waals surface area (Å²) in [5.41, 5.74) is 10.4. The average molecular weight is 638 g/mol. The van der Waals surface area contributed by atoms with Crippen molar-refractivity contribution in [2.75, 3.05) is 47.2 Å². The number of hydrogen-bond donors (Lipinski definition) is 3. The highest BCUT2D eigenvalue weighted by Gasteiger charge is 2.25. The molecule has 0 radical (unpaired) electrons. The van der Waals surface area contributed by atoms with E-state index in [2.05, 4.69) is 39.1 Å². The number of anilines is 1. The van der Waals surface area contributed by atoms with E-state index in [9.17, 15) is 9.59 Å². The monoisotopic (exact) mass is 637 g/mol. The fraction of sp³-hybridized carbons (Fsp3) is 0.294. The number of aliphatic hydroxyl groups is 1. The van der Waals surface area contributed by atoms with Gasteiger partial charge in [-0.15, -0.1) is 0 Å². The van der Waals surface area contributed by atoms with Crippen LogP contribution < -0.4 is 30.2 Å². The quantitative estimate of drug-likeness (QED) is 0.245. The van der Waals surface area contributed by atoms with Gasteiger partial charge in [-0.05, 0) is 48.6 Å². The minimum atomic E-state index is -0.726.